The molecule has 0 saturated carbocycles. The predicted octanol–water partition coefficient (Wildman–Crippen LogP) is 1.56. The van der Waals surface area contributed by atoms with Crippen molar-refractivity contribution in [2.24, 2.45) is 0 Å². The topological polar surface area (TPSA) is 9.23 Å². The molecule has 0 aliphatic carbocycles. The van der Waals surface area contributed by atoms with Gasteiger partial charge in [-0.3, -0.25) is 0 Å². The monoisotopic (exact) mass is 146 g/mol. The minimum absolute atomic E-state index is 0. The van der Waals surface area contributed by atoms with Crippen LogP contribution >= 0.6 is 0 Å². The van der Waals surface area contributed by atoms with Gasteiger partial charge in [0.05, 0.1) is 7.11 Å². The van der Waals surface area contributed by atoms with Crippen molar-refractivity contribution in [2.45, 2.75) is 0 Å². The van der Waals surface area contributed by atoms with Crippen LogP contribution < -0.4 is 4.74 Å². The maximum atomic E-state index is 4.89. The molecule has 0 heterocycles. The smallest absolute Gasteiger partial charge is 0.522 e. The second kappa shape index (κ2) is 6.90. The van der Waals surface area contributed by atoms with E-state index in [2.05, 4.69) is 6.07 Å². The number of methoxy groups -OCH3 is 1. The maximum Gasteiger partial charge on any atom is 2.00 e. The van der Waals surface area contributed by atoms with Crippen molar-refractivity contribution in [1.29, 1.82) is 0 Å². The molecular weight excluding hydrogens is 136 g/mol. The van der Waals surface area contributed by atoms with Crippen LogP contribution in [0.15, 0.2) is 24.3 Å². The Bertz CT molecular complexity index is 151. The van der Waals surface area contributed by atoms with Crippen molar-refractivity contribution in [3.8, 4) is 5.75 Å². The largest absolute Gasteiger partial charge is 2.00 e. The van der Waals surface area contributed by atoms with Crippen molar-refractivity contribution in [3.63, 3.8) is 0 Å². The summed E-state index contributed by atoms with van der Waals surface area (Å²) in [4.78, 5) is 0. The van der Waals surface area contributed by atoms with E-state index in [4.69, 9.17) is 4.74 Å². The van der Waals surface area contributed by atoms with E-state index in [1.165, 1.54) is 0 Å². The summed E-state index contributed by atoms with van der Waals surface area (Å²) < 4.78 is 4.89. The number of benzene rings is 1. The molecule has 1 aromatic rings. The summed E-state index contributed by atoms with van der Waals surface area (Å²) in [5.41, 5.74) is 0. The molecule has 0 unspecified atom stereocenters. The molecule has 1 aromatic carbocycles. The minimum atomic E-state index is 0. The second-order valence-corrected chi connectivity index (χ2v) is 1.44. The first kappa shape index (κ1) is 12.5. The summed E-state index contributed by atoms with van der Waals surface area (Å²) >= 11 is 0. The average molecular weight is 146 g/mol. The van der Waals surface area contributed by atoms with Gasteiger partial charge < -0.3 is 12.2 Å². The zero-order chi connectivity index (χ0) is 5.82. The summed E-state index contributed by atoms with van der Waals surface area (Å²) in [7, 11) is 1.65. The Morgan fingerprint density at radius 1 is 1.30 bits per heavy atom. The van der Waals surface area contributed by atoms with E-state index in [1.807, 2.05) is 24.3 Å². The van der Waals surface area contributed by atoms with Gasteiger partial charge in [-0.2, -0.15) is 18.2 Å². The van der Waals surface area contributed by atoms with Crippen molar-refractivity contribution in [2.75, 3.05) is 7.11 Å². The predicted molar refractivity (Wildman–Crippen MR) is 44.0 cm³/mol. The first-order valence-electron chi connectivity index (χ1n) is 2.43. The third-order valence-electron chi connectivity index (χ3n) is 0.923. The second-order valence-electron chi connectivity index (χ2n) is 1.44. The molecule has 2 heteroatoms. The van der Waals surface area contributed by atoms with Gasteiger partial charge in [0.1, 0.15) is 0 Å². The van der Waals surface area contributed by atoms with E-state index in [0.717, 1.165) is 5.75 Å². The summed E-state index contributed by atoms with van der Waals surface area (Å²) in [6.07, 6.45) is 0. The van der Waals surface area contributed by atoms with Crippen molar-refractivity contribution in [1.82, 2.24) is 0 Å². The Hall–Kier alpha value is -0.214. The molecular formula is C8H10MgO. The van der Waals surface area contributed by atoms with Crippen LogP contribution in [-0.4, -0.2) is 30.2 Å². The van der Waals surface area contributed by atoms with E-state index >= 15 is 0 Å². The normalized spacial score (nSPS) is 6.90. The summed E-state index contributed by atoms with van der Waals surface area (Å²) in [6.45, 7) is 0. The average Bonchev–Trinajstić information content (AvgIpc) is 1.90. The fraction of sp³-hybridized carbons (Fsp3) is 0.125. The maximum absolute atomic E-state index is 4.89. The number of ether oxygens (including phenoxy) is 1. The molecule has 0 spiro atoms. The molecule has 50 valence electrons. The molecule has 1 nitrogen and oxygen atoms in total. The van der Waals surface area contributed by atoms with Gasteiger partial charge in [-0.25, -0.2) is 0 Å². The molecule has 0 amide bonds. The van der Waals surface area contributed by atoms with Crippen molar-refractivity contribution >= 4 is 23.1 Å². The Morgan fingerprint density at radius 2 is 1.80 bits per heavy atom. The first-order valence-corrected chi connectivity index (χ1v) is 2.43. The van der Waals surface area contributed by atoms with E-state index in [9.17, 15) is 0 Å². The first-order chi connectivity index (χ1) is 3.93. The van der Waals surface area contributed by atoms with E-state index in [0.29, 0.717) is 0 Å². The van der Waals surface area contributed by atoms with Crippen molar-refractivity contribution in [3.05, 3.63) is 37.8 Å². The quantitative estimate of drug-likeness (QED) is 0.432. The van der Waals surface area contributed by atoms with Gasteiger partial charge in [0, 0.05) is 5.75 Å². The molecule has 10 heavy (non-hydrogen) atoms. The van der Waals surface area contributed by atoms with Crippen LogP contribution in [0.4, 0.5) is 0 Å². The van der Waals surface area contributed by atoms with Crippen LogP contribution in [0, 0.1) is 13.5 Å². The summed E-state index contributed by atoms with van der Waals surface area (Å²) in [5, 5.41) is 0. The molecule has 0 saturated heterocycles. The molecule has 0 bridgehead atoms. The standard InChI is InChI=1S/C7H7O.CH3.Mg/c1-8-7-5-3-2-4-6-7;;/h3-6H,1H3;1H3;/q2*-1;+2. The number of hydrogen-bond donors (Lipinski definition) is 0. The van der Waals surface area contributed by atoms with Crippen LogP contribution in [-0.2, 0) is 0 Å². The van der Waals surface area contributed by atoms with Crippen molar-refractivity contribution < 1.29 is 4.74 Å². The van der Waals surface area contributed by atoms with E-state index in [-0.39, 0.29) is 30.5 Å². The number of rotatable bonds is 1. The molecule has 0 radical (unpaired) electrons. The fourth-order valence-corrected chi connectivity index (χ4v) is 0.508. The molecule has 0 fully saturated rings. The number of hydrogen-bond acceptors (Lipinski definition) is 1. The van der Waals surface area contributed by atoms with Gasteiger partial charge in [-0.1, -0.05) is 0 Å². The molecule has 0 atom stereocenters. The van der Waals surface area contributed by atoms with E-state index < -0.39 is 0 Å². The zero-order valence-electron chi connectivity index (χ0n) is 6.42. The van der Waals surface area contributed by atoms with Gasteiger partial charge in [-0.15, -0.1) is 12.1 Å². The van der Waals surface area contributed by atoms with Crippen LogP contribution in [0.5, 0.6) is 5.75 Å². The Morgan fingerprint density at radius 3 is 2.10 bits per heavy atom. The van der Waals surface area contributed by atoms with Gasteiger partial charge in [0.15, 0.2) is 0 Å². The zero-order valence-corrected chi connectivity index (χ0v) is 7.84. The van der Waals surface area contributed by atoms with Crippen LogP contribution in [0.2, 0.25) is 0 Å². The SMILES string of the molecule is COc1cc[c-]cc1.[CH3-].[Mg+2]. The molecule has 0 aliphatic heterocycles. The van der Waals surface area contributed by atoms with Gasteiger partial charge in [-0.05, 0) is 0 Å². The van der Waals surface area contributed by atoms with E-state index in [1.54, 1.807) is 7.11 Å². The third-order valence-corrected chi connectivity index (χ3v) is 0.923. The molecule has 0 aliphatic rings. The third kappa shape index (κ3) is 3.74. The summed E-state index contributed by atoms with van der Waals surface area (Å²) in [6, 6.07) is 10.2. The Kier molecular flexibility index (Phi) is 8.60. The molecule has 0 N–H and O–H groups in total. The van der Waals surface area contributed by atoms with Crippen LogP contribution in [0.3, 0.4) is 0 Å². The Balaban J connectivity index is 0. The van der Waals surface area contributed by atoms with Crippen LogP contribution in [0.25, 0.3) is 0 Å². The summed E-state index contributed by atoms with van der Waals surface area (Å²) in [5.74, 6) is 0.878. The van der Waals surface area contributed by atoms with Gasteiger partial charge in [0.2, 0.25) is 0 Å². The molecule has 0 aromatic heterocycles. The molecule has 1 rings (SSSR count). The Labute approximate surface area is 78.6 Å². The van der Waals surface area contributed by atoms with Gasteiger partial charge in [0.25, 0.3) is 0 Å². The van der Waals surface area contributed by atoms with Gasteiger partial charge >= 0.3 is 23.1 Å². The minimum Gasteiger partial charge on any atom is -0.522 e. The van der Waals surface area contributed by atoms with Crippen LogP contribution in [0.1, 0.15) is 0 Å². The fourth-order valence-electron chi connectivity index (χ4n) is 0.508.